The van der Waals surface area contributed by atoms with Crippen LogP contribution in [0, 0.1) is 11.3 Å². The molecule has 0 aromatic carbocycles. The minimum atomic E-state index is -0.561. The van der Waals surface area contributed by atoms with Crippen molar-refractivity contribution in [1.82, 2.24) is 14.8 Å². The molecular formula is C19H23N3O3S. The quantitative estimate of drug-likeness (QED) is 0.827. The largest absolute Gasteiger partial charge is 0.459 e. The summed E-state index contributed by atoms with van der Waals surface area (Å²) in [6.45, 7) is 6.70. The first-order valence-electron chi connectivity index (χ1n) is 9.03. The van der Waals surface area contributed by atoms with E-state index in [1.54, 1.807) is 34.6 Å². The molecule has 0 N–H and O–H groups in total. The van der Waals surface area contributed by atoms with Crippen molar-refractivity contribution in [2.24, 2.45) is 11.3 Å². The lowest BCUT2D eigenvalue weighted by atomic mass is 9.77. The average Bonchev–Trinajstić information content (AvgIpc) is 3.39. The number of likely N-dealkylation sites (tertiary alicyclic amines) is 2. The van der Waals surface area contributed by atoms with Crippen LogP contribution in [0.2, 0.25) is 0 Å². The molecule has 2 aromatic heterocycles. The topological polar surface area (TPSA) is 66.7 Å². The van der Waals surface area contributed by atoms with Crippen molar-refractivity contribution in [1.29, 1.82) is 0 Å². The molecule has 1 spiro atoms. The van der Waals surface area contributed by atoms with Gasteiger partial charge in [0.15, 0.2) is 5.76 Å². The van der Waals surface area contributed by atoms with Crippen LogP contribution in [0.3, 0.4) is 0 Å². The van der Waals surface area contributed by atoms with E-state index in [-0.39, 0.29) is 17.7 Å². The zero-order valence-electron chi connectivity index (χ0n) is 15.1. The lowest BCUT2D eigenvalue weighted by Crippen LogP contribution is -2.41. The average molecular weight is 373 g/mol. The van der Waals surface area contributed by atoms with Crippen LogP contribution in [0.25, 0.3) is 0 Å². The molecule has 4 rings (SSSR count). The van der Waals surface area contributed by atoms with Gasteiger partial charge in [-0.3, -0.25) is 9.59 Å². The summed E-state index contributed by atoms with van der Waals surface area (Å²) in [4.78, 5) is 34.4. The van der Waals surface area contributed by atoms with Gasteiger partial charge >= 0.3 is 0 Å². The maximum Gasteiger partial charge on any atom is 0.289 e. The summed E-state index contributed by atoms with van der Waals surface area (Å²) in [5.41, 5.74) is -0.561. The monoisotopic (exact) mass is 373 g/mol. The van der Waals surface area contributed by atoms with Crippen molar-refractivity contribution in [2.45, 2.75) is 26.2 Å². The first-order chi connectivity index (χ1) is 12.5. The van der Waals surface area contributed by atoms with Gasteiger partial charge in [0, 0.05) is 43.7 Å². The van der Waals surface area contributed by atoms with Gasteiger partial charge in [-0.2, -0.15) is 0 Å². The molecule has 0 bridgehead atoms. The Morgan fingerprint density at radius 2 is 2.35 bits per heavy atom. The van der Waals surface area contributed by atoms with E-state index in [1.165, 1.54) is 6.26 Å². The Morgan fingerprint density at radius 3 is 3.00 bits per heavy atom. The molecule has 26 heavy (non-hydrogen) atoms. The van der Waals surface area contributed by atoms with Crippen LogP contribution in [0.1, 0.15) is 41.7 Å². The Labute approximate surface area is 156 Å². The Bertz CT molecular complexity index is 787. The third-order valence-corrected chi connectivity index (χ3v) is 6.33. The molecule has 0 aliphatic carbocycles. The molecule has 7 heteroatoms. The number of furan rings is 1. The molecule has 2 saturated heterocycles. The second-order valence-electron chi connectivity index (χ2n) is 7.64. The van der Waals surface area contributed by atoms with Crippen LogP contribution in [0.4, 0.5) is 0 Å². The van der Waals surface area contributed by atoms with Gasteiger partial charge in [0.1, 0.15) is 0 Å². The summed E-state index contributed by atoms with van der Waals surface area (Å²) < 4.78 is 5.29. The maximum atomic E-state index is 13.4. The first kappa shape index (κ1) is 17.3. The molecule has 2 atom stereocenters. The minimum absolute atomic E-state index is 0.0499. The van der Waals surface area contributed by atoms with E-state index in [9.17, 15) is 9.59 Å². The zero-order chi connectivity index (χ0) is 18.3. The zero-order valence-corrected chi connectivity index (χ0v) is 15.9. The van der Waals surface area contributed by atoms with Gasteiger partial charge in [-0.1, -0.05) is 13.8 Å². The normalized spacial score (nSPS) is 25.8. The number of carbonyl (C=O) groups excluding carboxylic acids is 2. The van der Waals surface area contributed by atoms with E-state index in [1.807, 2.05) is 10.3 Å². The second kappa shape index (κ2) is 6.54. The summed E-state index contributed by atoms with van der Waals surface area (Å²) in [7, 11) is 0. The Balaban J connectivity index is 1.65. The maximum absolute atomic E-state index is 13.4. The molecule has 2 amide bonds. The number of hydrogen-bond donors (Lipinski definition) is 0. The number of carbonyl (C=O) groups is 2. The van der Waals surface area contributed by atoms with Crippen molar-refractivity contribution in [3.63, 3.8) is 0 Å². The predicted octanol–water partition coefficient (Wildman–Crippen LogP) is 2.85. The van der Waals surface area contributed by atoms with Crippen molar-refractivity contribution in [2.75, 3.05) is 26.2 Å². The molecule has 2 fully saturated rings. The predicted molar refractivity (Wildman–Crippen MR) is 97.9 cm³/mol. The lowest BCUT2D eigenvalue weighted by molar-refractivity contribution is -0.136. The summed E-state index contributed by atoms with van der Waals surface area (Å²) in [6.07, 6.45) is 4.04. The van der Waals surface area contributed by atoms with Gasteiger partial charge in [0.2, 0.25) is 5.91 Å². The van der Waals surface area contributed by atoms with Gasteiger partial charge in [-0.05, 0) is 24.5 Å². The third kappa shape index (κ3) is 2.74. The molecular weight excluding hydrogens is 350 g/mol. The fraction of sp³-hybridized carbons (Fsp3) is 0.526. The van der Waals surface area contributed by atoms with Gasteiger partial charge in [-0.25, -0.2) is 4.98 Å². The van der Waals surface area contributed by atoms with Crippen LogP contribution >= 0.6 is 11.3 Å². The molecule has 138 valence electrons. The number of hydrogen-bond acceptors (Lipinski definition) is 5. The number of thiazole rings is 1. The third-order valence-electron chi connectivity index (χ3n) is 5.44. The molecule has 2 unspecified atom stereocenters. The molecule has 2 aliphatic rings. The SMILES string of the molecule is CC(C)CN1CCC2(CN(C(=O)c3ccco3)CC2c2nccs2)C1=O. The van der Waals surface area contributed by atoms with Gasteiger partial charge in [0.25, 0.3) is 5.91 Å². The van der Waals surface area contributed by atoms with Crippen molar-refractivity contribution in [3.05, 3.63) is 40.7 Å². The van der Waals surface area contributed by atoms with Crippen LogP contribution in [-0.2, 0) is 4.79 Å². The molecule has 0 saturated carbocycles. The minimum Gasteiger partial charge on any atom is -0.459 e. The number of aromatic nitrogens is 1. The molecule has 4 heterocycles. The summed E-state index contributed by atoms with van der Waals surface area (Å²) in [6, 6.07) is 3.38. The fourth-order valence-electron chi connectivity index (χ4n) is 4.29. The van der Waals surface area contributed by atoms with Gasteiger partial charge in [-0.15, -0.1) is 11.3 Å². The highest BCUT2D eigenvalue weighted by Crippen LogP contribution is 2.50. The van der Waals surface area contributed by atoms with E-state index in [0.29, 0.717) is 24.8 Å². The molecule has 2 aromatic rings. The Hall–Kier alpha value is -2.15. The van der Waals surface area contributed by atoms with Crippen molar-refractivity contribution in [3.8, 4) is 0 Å². The van der Waals surface area contributed by atoms with E-state index >= 15 is 0 Å². The molecule has 0 radical (unpaired) electrons. The van der Waals surface area contributed by atoms with E-state index in [0.717, 1.165) is 24.5 Å². The van der Waals surface area contributed by atoms with Crippen molar-refractivity contribution >= 4 is 23.2 Å². The number of nitrogens with zero attached hydrogens (tertiary/aromatic N) is 3. The van der Waals surface area contributed by atoms with E-state index < -0.39 is 5.41 Å². The van der Waals surface area contributed by atoms with Crippen LogP contribution in [0.15, 0.2) is 34.4 Å². The van der Waals surface area contributed by atoms with Crippen molar-refractivity contribution < 1.29 is 14.0 Å². The smallest absolute Gasteiger partial charge is 0.289 e. The van der Waals surface area contributed by atoms with Crippen LogP contribution in [-0.4, -0.2) is 52.8 Å². The molecule has 2 aliphatic heterocycles. The molecule has 6 nitrogen and oxygen atoms in total. The van der Waals surface area contributed by atoms with E-state index in [2.05, 4.69) is 18.8 Å². The summed E-state index contributed by atoms with van der Waals surface area (Å²) >= 11 is 1.57. The number of amides is 2. The highest BCUT2D eigenvalue weighted by atomic mass is 32.1. The standard InChI is InChI=1S/C19H23N3O3S/c1-13(2)10-21-7-5-19(18(21)24)12-22(17(23)15-4-3-8-25-15)11-14(19)16-20-6-9-26-16/h3-4,6,8-9,13-14H,5,7,10-12H2,1-2H3. The number of rotatable bonds is 4. The highest BCUT2D eigenvalue weighted by Gasteiger charge is 2.59. The lowest BCUT2D eigenvalue weighted by Gasteiger charge is -2.28. The van der Waals surface area contributed by atoms with E-state index in [4.69, 9.17) is 4.42 Å². The Kier molecular flexibility index (Phi) is 4.34. The van der Waals surface area contributed by atoms with Gasteiger partial charge < -0.3 is 14.2 Å². The second-order valence-corrected chi connectivity index (χ2v) is 8.56. The Morgan fingerprint density at radius 1 is 1.50 bits per heavy atom. The summed E-state index contributed by atoms with van der Waals surface area (Å²) in [5.74, 6) is 0.717. The first-order valence-corrected chi connectivity index (χ1v) is 9.91. The van der Waals surface area contributed by atoms with Gasteiger partial charge in [0.05, 0.1) is 16.7 Å². The van der Waals surface area contributed by atoms with Crippen LogP contribution in [0.5, 0.6) is 0 Å². The fourth-order valence-corrected chi connectivity index (χ4v) is 5.13. The summed E-state index contributed by atoms with van der Waals surface area (Å²) in [5, 5.41) is 2.88. The highest BCUT2D eigenvalue weighted by molar-refractivity contribution is 7.09. The van der Waals surface area contributed by atoms with Crippen LogP contribution < -0.4 is 0 Å².